The highest BCUT2D eigenvalue weighted by Crippen LogP contribution is 2.28. The Bertz CT molecular complexity index is 485. The molecular formula is C21H34O4. The summed E-state index contributed by atoms with van der Waals surface area (Å²) in [6.07, 6.45) is 11.0. The lowest BCUT2D eigenvalue weighted by atomic mass is 10.1. The zero-order valence-electron chi connectivity index (χ0n) is 16.1. The Labute approximate surface area is 152 Å². The Hall–Kier alpha value is -1.71. The van der Waals surface area contributed by atoms with Crippen LogP contribution in [0.2, 0.25) is 0 Å². The minimum Gasteiger partial charge on any atom is -0.493 e. The quantitative estimate of drug-likeness (QED) is 0.315. The summed E-state index contributed by atoms with van der Waals surface area (Å²) in [4.78, 5) is 11.9. The summed E-state index contributed by atoms with van der Waals surface area (Å²) in [5.41, 5.74) is 0.490. The van der Waals surface area contributed by atoms with Crippen molar-refractivity contribution in [3.05, 3.63) is 23.8 Å². The predicted molar refractivity (Wildman–Crippen MR) is 102 cm³/mol. The molecule has 1 rings (SSSR count). The second-order valence-electron chi connectivity index (χ2n) is 6.32. The molecule has 0 radical (unpaired) electrons. The number of unbranched alkanes of at least 4 members (excludes halogenated alkanes) is 7. The van der Waals surface area contributed by atoms with Crippen molar-refractivity contribution >= 4 is 5.97 Å². The van der Waals surface area contributed by atoms with Crippen LogP contribution in [0.4, 0.5) is 0 Å². The first-order valence-corrected chi connectivity index (χ1v) is 9.70. The molecule has 1 aromatic carbocycles. The van der Waals surface area contributed by atoms with Crippen molar-refractivity contribution in [3.63, 3.8) is 0 Å². The van der Waals surface area contributed by atoms with Gasteiger partial charge in [0.05, 0.1) is 25.9 Å². The van der Waals surface area contributed by atoms with Crippen molar-refractivity contribution < 1.29 is 19.0 Å². The van der Waals surface area contributed by atoms with Gasteiger partial charge < -0.3 is 14.2 Å². The number of rotatable bonds is 14. The van der Waals surface area contributed by atoms with Crippen LogP contribution < -0.4 is 9.47 Å². The number of carbonyl (C=O) groups is 1. The van der Waals surface area contributed by atoms with Crippen LogP contribution in [0.5, 0.6) is 11.5 Å². The largest absolute Gasteiger partial charge is 0.493 e. The highest BCUT2D eigenvalue weighted by Gasteiger charge is 2.12. The van der Waals surface area contributed by atoms with E-state index in [0.29, 0.717) is 30.3 Å². The zero-order chi connectivity index (χ0) is 18.3. The van der Waals surface area contributed by atoms with Crippen molar-refractivity contribution in [1.82, 2.24) is 0 Å². The smallest absolute Gasteiger partial charge is 0.338 e. The van der Waals surface area contributed by atoms with Crippen LogP contribution in [0.3, 0.4) is 0 Å². The fourth-order valence-electron chi connectivity index (χ4n) is 2.61. The van der Waals surface area contributed by atoms with E-state index in [2.05, 4.69) is 6.92 Å². The van der Waals surface area contributed by atoms with E-state index in [1.54, 1.807) is 25.3 Å². The Morgan fingerprint density at radius 2 is 1.52 bits per heavy atom. The summed E-state index contributed by atoms with van der Waals surface area (Å²) in [7, 11) is 1.58. The van der Waals surface area contributed by atoms with E-state index in [0.717, 1.165) is 12.8 Å². The normalized spacial score (nSPS) is 10.5. The Balaban J connectivity index is 2.32. The SMILES string of the molecule is CCCCCCCCCCOc1ccc(C(=O)OCCC)cc1OC. The molecule has 0 atom stereocenters. The Morgan fingerprint density at radius 1 is 0.840 bits per heavy atom. The molecule has 0 bridgehead atoms. The number of hydrogen-bond acceptors (Lipinski definition) is 4. The molecule has 0 aliphatic heterocycles. The van der Waals surface area contributed by atoms with Gasteiger partial charge in [0, 0.05) is 0 Å². The molecule has 0 spiro atoms. The molecule has 0 fully saturated rings. The van der Waals surface area contributed by atoms with Crippen molar-refractivity contribution in [2.45, 2.75) is 71.6 Å². The monoisotopic (exact) mass is 350 g/mol. The molecule has 0 amide bonds. The van der Waals surface area contributed by atoms with Gasteiger partial charge in [-0.15, -0.1) is 0 Å². The maximum Gasteiger partial charge on any atom is 0.338 e. The van der Waals surface area contributed by atoms with E-state index in [4.69, 9.17) is 14.2 Å². The van der Waals surface area contributed by atoms with E-state index in [1.165, 1.54) is 44.9 Å². The van der Waals surface area contributed by atoms with Crippen LogP contribution >= 0.6 is 0 Å². The van der Waals surface area contributed by atoms with E-state index >= 15 is 0 Å². The van der Waals surface area contributed by atoms with E-state index in [9.17, 15) is 4.79 Å². The molecule has 0 aliphatic carbocycles. The minimum atomic E-state index is -0.324. The van der Waals surface area contributed by atoms with Crippen molar-refractivity contribution in [1.29, 1.82) is 0 Å². The van der Waals surface area contributed by atoms with Crippen LogP contribution in [0.1, 0.15) is 82.0 Å². The second kappa shape index (κ2) is 13.6. The molecule has 1 aromatic rings. The molecule has 0 N–H and O–H groups in total. The lowest BCUT2D eigenvalue weighted by Crippen LogP contribution is -2.07. The lowest BCUT2D eigenvalue weighted by molar-refractivity contribution is 0.0504. The molecule has 25 heavy (non-hydrogen) atoms. The third-order valence-electron chi connectivity index (χ3n) is 4.09. The maximum atomic E-state index is 11.9. The van der Waals surface area contributed by atoms with Gasteiger partial charge in [-0.05, 0) is 31.0 Å². The van der Waals surface area contributed by atoms with Crippen molar-refractivity contribution in [2.75, 3.05) is 20.3 Å². The summed E-state index contributed by atoms with van der Waals surface area (Å²) < 4.78 is 16.3. The number of hydrogen-bond donors (Lipinski definition) is 0. The van der Waals surface area contributed by atoms with Gasteiger partial charge in [-0.2, -0.15) is 0 Å². The van der Waals surface area contributed by atoms with Gasteiger partial charge in [-0.25, -0.2) is 4.79 Å². The average molecular weight is 350 g/mol. The second-order valence-corrected chi connectivity index (χ2v) is 6.32. The highest BCUT2D eigenvalue weighted by atomic mass is 16.5. The van der Waals surface area contributed by atoms with Crippen molar-refractivity contribution in [2.24, 2.45) is 0 Å². The number of esters is 1. The lowest BCUT2D eigenvalue weighted by Gasteiger charge is -2.12. The number of ether oxygens (including phenoxy) is 3. The molecule has 4 nitrogen and oxygen atoms in total. The third-order valence-corrected chi connectivity index (χ3v) is 4.09. The Kier molecular flexibility index (Phi) is 11.6. The topological polar surface area (TPSA) is 44.8 Å². The molecule has 0 aliphatic rings. The van der Waals surface area contributed by atoms with Gasteiger partial charge in [0.25, 0.3) is 0 Å². The summed E-state index contributed by atoms with van der Waals surface area (Å²) in [6, 6.07) is 5.19. The molecule has 0 aromatic heterocycles. The maximum absolute atomic E-state index is 11.9. The predicted octanol–water partition coefficient (Wildman–Crippen LogP) is 5.78. The first kappa shape index (κ1) is 21.3. The molecular weight excluding hydrogens is 316 g/mol. The van der Waals surface area contributed by atoms with Gasteiger partial charge in [0.15, 0.2) is 11.5 Å². The van der Waals surface area contributed by atoms with Crippen LogP contribution in [-0.2, 0) is 4.74 Å². The van der Waals surface area contributed by atoms with Crippen LogP contribution in [-0.4, -0.2) is 26.3 Å². The summed E-state index contributed by atoms with van der Waals surface area (Å²) in [5, 5.41) is 0. The van der Waals surface area contributed by atoms with E-state index in [-0.39, 0.29) is 5.97 Å². The summed E-state index contributed by atoms with van der Waals surface area (Å²) in [6.45, 7) is 5.31. The number of carbonyl (C=O) groups excluding carboxylic acids is 1. The van der Waals surface area contributed by atoms with E-state index in [1.807, 2.05) is 6.92 Å². The van der Waals surface area contributed by atoms with Crippen LogP contribution in [0.25, 0.3) is 0 Å². The van der Waals surface area contributed by atoms with Gasteiger partial charge in [0.1, 0.15) is 0 Å². The summed E-state index contributed by atoms with van der Waals surface area (Å²) in [5.74, 6) is 0.928. The molecule has 0 heterocycles. The van der Waals surface area contributed by atoms with E-state index < -0.39 is 0 Å². The van der Waals surface area contributed by atoms with Crippen molar-refractivity contribution in [3.8, 4) is 11.5 Å². The molecule has 0 saturated carbocycles. The first-order chi connectivity index (χ1) is 12.2. The first-order valence-electron chi connectivity index (χ1n) is 9.70. The van der Waals surface area contributed by atoms with Gasteiger partial charge in [-0.3, -0.25) is 0 Å². The number of methoxy groups -OCH3 is 1. The van der Waals surface area contributed by atoms with Gasteiger partial charge in [-0.1, -0.05) is 58.8 Å². The van der Waals surface area contributed by atoms with Crippen LogP contribution in [0, 0.1) is 0 Å². The average Bonchev–Trinajstić information content (AvgIpc) is 2.64. The molecule has 0 saturated heterocycles. The standard InChI is InChI=1S/C21H34O4/c1-4-6-7-8-9-10-11-12-16-24-19-14-13-18(17-20(19)23-3)21(22)25-15-5-2/h13-14,17H,4-12,15-16H2,1-3H3. The number of benzene rings is 1. The summed E-state index contributed by atoms with van der Waals surface area (Å²) >= 11 is 0. The fourth-order valence-corrected chi connectivity index (χ4v) is 2.61. The molecule has 0 unspecified atom stereocenters. The Morgan fingerprint density at radius 3 is 2.16 bits per heavy atom. The molecule has 142 valence electrons. The van der Waals surface area contributed by atoms with Gasteiger partial charge >= 0.3 is 5.97 Å². The molecule has 4 heteroatoms. The third kappa shape index (κ3) is 8.80. The minimum absolute atomic E-state index is 0.324. The fraction of sp³-hybridized carbons (Fsp3) is 0.667. The van der Waals surface area contributed by atoms with Gasteiger partial charge in [0.2, 0.25) is 0 Å². The zero-order valence-corrected chi connectivity index (χ0v) is 16.1. The highest BCUT2D eigenvalue weighted by molar-refractivity contribution is 5.90. The van der Waals surface area contributed by atoms with Crippen LogP contribution in [0.15, 0.2) is 18.2 Å².